The number of piperidine rings is 1. The molecular formula is C21H25ClN2O4S. The molecule has 29 heavy (non-hydrogen) atoms. The Balaban J connectivity index is 1.70. The molecule has 0 saturated carbocycles. The Morgan fingerprint density at radius 1 is 1.21 bits per heavy atom. The van der Waals surface area contributed by atoms with E-state index in [9.17, 15) is 13.2 Å². The minimum absolute atomic E-state index is 0.0737. The molecule has 0 aromatic heterocycles. The van der Waals surface area contributed by atoms with Crippen LogP contribution in [0.2, 0.25) is 5.02 Å². The molecule has 8 heteroatoms. The molecule has 1 fully saturated rings. The molecule has 156 valence electrons. The molecule has 1 atom stereocenters. The summed E-state index contributed by atoms with van der Waals surface area (Å²) in [5.41, 5.74) is 0.137. The number of hydrogen-bond donors (Lipinski definition) is 1. The lowest BCUT2D eigenvalue weighted by atomic mass is 9.82. The third-order valence-electron chi connectivity index (χ3n) is 5.28. The second kappa shape index (κ2) is 8.73. The first kappa shape index (κ1) is 21.6. The largest absolute Gasteiger partial charge is 0.497 e. The summed E-state index contributed by atoms with van der Waals surface area (Å²) >= 11 is 6.11. The Bertz CT molecular complexity index is 978. The number of nitrogens with zero attached hydrogens (tertiary/aromatic N) is 1. The first-order chi connectivity index (χ1) is 13.8. The summed E-state index contributed by atoms with van der Waals surface area (Å²) in [4.78, 5) is 13.0. The number of ether oxygens (including phenoxy) is 1. The quantitative estimate of drug-likeness (QED) is 0.752. The lowest BCUT2D eigenvalue weighted by Crippen LogP contribution is -2.51. The zero-order valence-electron chi connectivity index (χ0n) is 16.5. The second-order valence-electron chi connectivity index (χ2n) is 7.46. The van der Waals surface area contributed by atoms with E-state index < -0.39 is 15.4 Å². The topological polar surface area (TPSA) is 75.7 Å². The van der Waals surface area contributed by atoms with Gasteiger partial charge in [-0.3, -0.25) is 4.79 Å². The van der Waals surface area contributed by atoms with Gasteiger partial charge in [-0.25, -0.2) is 8.42 Å². The van der Waals surface area contributed by atoms with Gasteiger partial charge in [-0.2, -0.15) is 4.31 Å². The molecule has 2 aromatic carbocycles. The maximum Gasteiger partial charge on any atom is 0.244 e. The summed E-state index contributed by atoms with van der Waals surface area (Å²) in [5.74, 6) is 0.590. The highest BCUT2D eigenvalue weighted by atomic mass is 35.5. The maximum atomic E-state index is 13.1. The van der Waals surface area contributed by atoms with Gasteiger partial charge < -0.3 is 10.1 Å². The Hall–Kier alpha value is -2.09. The van der Waals surface area contributed by atoms with E-state index in [1.165, 1.54) is 10.4 Å². The van der Waals surface area contributed by atoms with Crippen LogP contribution in [0, 0.1) is 5.41 Å². The molecule has 2 aromatic rings. The highest BCUT2D eigenvalue weighted by Crippen LogP contribution is 2.34. The summed E-state index contributed by atoms with van der Waals surface area (Å²) in [7, 11) is -2.16. The average molecular weight is 437 g/mol. The van der Waals surface area contributed by atoms with Gasteiger partial charge in [0, 0.05) is 19.6 Å². The van der Waals surface area contributed by atoms with E-state index in [1.54, 1.807) is 25.3 Å². The van der Waals surface area contributed by atoms with Crippen molar-refractivity contribution in [3.8, 4) is 5.75 Å². The monoisotopic (exact) mass is 436 g/mol. The summed E-state index contributed by atoms with van der Waals surface area (Å²) in [6.45, 7) is 2.67. The molecule has 1 amide bonds. The van der Waals surface area contributed by atoms with Gasteiger partial charge in [0.25, 0.3) is 0 Å². The van der Waals surface area contributed by atoms with Crippen LogP contribution in [-0.2, 0) is 21.4 Å². The van der Waals surface area contributed by atoms with Crippen LogP contribution in [0.25, 0.3) is 0 Å². The minimum Gasteiger partial charge on any atom is -0.497 e. The standard InChI is InChI=1S/C21H25ClN2O4S/c1-21(20(25)23-14-16-8-10-17(28-2)11-9-16)12-5-13-24(15-21)29(26,27)19-7-4-3-6-18(19)22/h3-4,6-11H,5,12-15H2,1-2H3,(H,23,25). The Morgan fingerprint density at radius 3 is 2.55 bits per heavy atom. The molecule has 1 aliphatic heterocycles. The van der Waals surface area contributed by atoms with Gasteiger partial charge in [-0.05, 0) is 49.6 Å². The molecule has 1 aliphatic rings. The fourth-order valence-corrected chi connectivity index (χ4v) is 5.61. The lowest BCUT2D eigenvalue weighted by Gasteiger charge is -2.38. The fourth-order valence-electron chi connectivity index (χ4n) is 3.52. The molecule has 0 radical (unpaired) electrons. The Kier molecular flexibility index (Phi) is 6.51. The van der Waals surface area contributed by atoms with E-state index in [-0.39, 0.29) is 22.4 Å². The first-order valence-corrected chi connectivity index (χ1v) is 11.2. The van der Waals surface area contributed by atoms with Crippen molar-refractivity contribution in [2.24, 2.45) is 5.41 Å². The predicted molar refractivity (Wildman–Crippen MR) is 112 cm³/mol. The van der Waals surface area contributed by atoms with Crippen molar-refractivity contribution >= 4 is 27.5 Å². The third kappa shape index (κ3) is 4.74. The van der Waals surface area contributed by atoms with E-state index in [1.807, 2.05) is 31.2 Å². The molecule has 1 saturated heterocycles. The molecule has 0 spiro atoms. The molecule has 1 N–H and O–H groups in total. The minimum atomic E-state index is -3.76. The number of amides is 1. The fraction of sp³-hybridized carbons (Fsp3) is 0.381. The molecule has 1 unspecified atom stereocenters. The van der Waals surface area contributed by atoms with Crippen molar-refractivity contribution < 1.29 is 17.9 Å². The van der Waals surface area contributed by atoms with Crippen LogP contribution in [0.3, 0.4) is 0 Å². The van der Waals surface area contributed by atoms with Crippen LogP contribution in [-0.4, -0.2) is 38.8 Å². The van der Waals surface area contributed by atoms with E-state index in [2.05, 4.69) is 5.32 Å². The van der Waals surface area contributed by atoms with E-state index in [0.29, 0.717) is 25.9 Å². The predicted octanol–water partition coefficient (Wildman–Crippen LogP) is 3.46. The number of hydrogen-bond acceptors (Lipinski definition) is 4. The summed E-state index contributed by atoms with van der Waals surface area (Å²) < 4.78 is 32.6. The van der Waals surface area contributed by atoms with Gasteiger partial charge in [-0.15, -0.1) is 0 Å². The summed E-state index contributed by atoms with van der Waals surface area (Å²) in [5, 5.41) is 3.13. The highest BCUT2D eigenvalue weighted by Gasteiger charge is 2.42. The second-order valence-corrected chi connectivity index (χ2v) is 9.78. The zero-order chi connectivity index (χ0) is 21.1. The van der Waals surface area contributed by atoms with Crippen molar-refractivity contribution in [3.63, 3.8) is 0 Å². The number of benzene rings is 2. The van der Waals surface area contributed by atoms with Crippen LogP contribution < -0.4 is 10.1 Å². The summed E-state index contributed by atoms with van der Waals surface area (Å²) in [6, 6.07) is 13.8. The lowest BCUT2D eigenvalue weighted by molar-refractivity contribution is -0.132. The van der Waals surface area contributed by atoms with Crippen molar-refractivity contribution in [2.45, 2.75) is 31.2 Å². The van der Waals surface area contributed by atoms with Crippen LogP contribution in [0.4, 0.5) is 0 Å². The van der Waals surface area contributed by atoms with E-state index in [0.717, 1.165) is 11.3 Å². The van der Waals surface area contributed by atoms with Crippen molar-refractivity contribution in [1.29, 1.82) is 0 Å². The van der Waals surface area contributed by atoms with Crippen LogP contribution in [0.5, 0.6) is 5.75 Å². The number of carbonyl (C=O) groups is 1. The van der Waals surface area contributed by atoms with Gasteiger partial charge in [0.1, 0.15) is 10.6 Å². The average Bonchev–Trinajstić information content (AvgIpc) is 2.72. The van der Waals surface area contributed by atoms with Crippen LogP contribution in [0.1, 0.15) is 25.3 Å². The molecule has 3 rings (SSSR count). The Labute approximate surface area is 176 Å². The van der Waals surface area contributed by atoms with E-state index >= 15 is 0 Å². The number of halogens is 1. The maximum absolute atomic E-state index is 13.1. The van der Waals surface area contributed by atoms with Gasteiger partial charge in [0.05, 0.1) is 17.5 Å². The number of methoxy groups -OCH3 is 1. The number of nitrogens with one attached hydrogen (secondary N) is 1. The van der Waals surface area contributed by atoms with Gasteiger partial charge in [0.2, 0.25) is 15.9 Å². The van der Waals surface area contributed by atoms with Crippen LogP contribution >= 0.6 is 11.6 Å². The van der Waals surface area contributed by atoms with Gasteiger partial charge in [0.15, 0.2) is 0 Å². The molecule has 0 bridgehead atoms. The van der Waals surface area contributed by atoms with Crippen molar-refractivity contribution in [1.82, 2.24) is 9.62 Å². The molecule has 0 aliphatic carbocycles. The number of carbonyl (C=O) groups excluding carboxylic acids is 1. The molecular weight excluding hydrogens is 412 g/mol. The summed E-state index contributed by atoms with van der Waals surface area (Å²) in [6.07, 6.45) is 1.23. The Morgan fingerprint density at radius 2 is 1.90 bits per heavy atom. The normalized spacial score (nSPS) is 20.2. The third-order valence-corrected chi connectivity index (χ3v) is 7.62. The number of sulfonamides is 1. The smallest absolute Gasteiger partial charge is 0.244 e. The van der Waals surface area contributed by atoms with E-state index in [4.69, 9.17) is 16.3 Å². The van der Waals surface area contributed by atoms with Gasteiger partial charge >= 0.3 is 0 Å². The first-order valence-electron chi connectivity index (χ1n) is 9.42. The highest BCUT2D eigenvalue weighted by molar-refractivity contribution is 7.89. The molecule has 6 nitrogen and oxygen atoms in total. The van der Waals surface area contributed by atoms with Crippen molar-refractivity contribution in [3.05, 3.63) is 59.1 Å². The van der Waals surface area contributed by atoms with Crippen molar-refractivity contribution in [2.75, 3.05) is 20.2 Å². The van der Waals surface area contributed by atoms with Gasteiger partial charge in [-0.1, -0.05) is 35.9 Å². The zero-order valence-corrected chi connectivity index (χ0v) is 18.1. The number of rotatable bonds is 6. The SMILES string of the molecule is COc1ccc(CNC(=O)C2(C)CCCN(S(=O)(=O)c3ccccc3Cl)C2)cc1. The molecule has 1 heterocycles. The van der Waals surface area contributed by atoms with Crippen LogP contribution in [0.15, 0.2) is 53.4 Å².